The number of rotatable bonds is 7. The Bertz CT molecular complexity index is 1100. The lowest BCUT2D eigenvalue weighted by atomic mass is 10.1. The van der Waals surface area contributed by atoms with Crippen molar-refractivity contribution < 1.29 is 18.4 Å². The van der Waals surface area contributed by atoms with Crippen LogP contribution in [0.25, 0.3) is 5.69 Å². The van der Waals surface area contributed by atoms with E-state index in [1.807, 2.05) is 36.5 Å². The molecular formula is C23H23F2N5O2. The molecule has 166 valence electrons. The van der Waals surface area contributed by atoms with Crippen molar-refractivity contribution in [1.82, 2.24) is 25.3 Å². The lowest BCUT2D eigenvalue weighted by molar-refractivity contribution is -0.134. The van der Waals surface area contributed by atoms with E-state index in [2.05, 4.69) is 15.7 Å². The highest BCUT2D eigenvalue weighted by atomic mass is 19.2. The summed E-state index contributed by atoms with van der Waals surface area (Å²) in [7, 11) is 0. The van der Waals surface area contributed by atoms with Crippen molar-refractivity contribution in [2.75, 3.05) is 13.1 Å². The van der Waals surface area contributed by atoms with E-state index in [1.54, 1.807) is 15.8 Å². The Morgan fingerprint density at radius 3 is 2.84 bits per heavy atom. The lowest BCUT2D eigenvalue weighted by Crippen LogP contribution is -2.56. The third-order valence-corrected chi connectivity index (χ3v) is 5.39. The number of piperazine rings is 1. The quantitative estimate of drug-likeness (QED) is 0.592. The smallest absolute Gasteiger partial charge is 0.237 e. The van der Waals surface area contributed by atoms with Crippen molar-refractivity contribution >= 4 is 11.8 Å². The Morgan fingerprint density at radius 2 is 2.03 bits per heavy atom. The average Bonchev–Trinajstić information content (AvgIpc) is 3.33. The van der Waals surface area contributed by atoms with Crippen LogP contribution < -0.4 is 10.6 Å². The minimum atomic E-state index is -0.935. The minimum Gasteiger partial charge on any atom is -0.353 e. The number of carbonyl (C=O) groups is 2. The third kappa shape index (κ3) is 5.00. The molecule has 1 aliphatic rings. The maximum atomic E-state index is 14.1. The number of benzene rings is 2. The van der Waals surface area contributed by atoms with E-state index in [0.717, 1.165) is 17.3 Å². The van der Waals surface area contributed by atoms with Gasteiger partial charge in [-0.1, -0.05) is 24.3 Å². The van der Waals surface area contributed by atoms with E-state index in [1.165, 1.54) is 12.1 Å². The molecule has 0 aliphatic carbocycles. The Balaban J connectivity index is 1.39. The van der Waals surface area contributed by atoms with Crippen LogP contribution in [0.15, 0.2) is 60.9 Å². The predicted molar refractivity (Wildman–Crippen MR) is 114 cm³/mol. The van der Waals surface area contributed by atoms with Gasteiger partial charge in [0.1, 0.15) is 0 Å². The van der Waals surface area contributed by atoms with Gasteiger partial charge in [0.2, 0.25) is 11.8 Å². The monoisotopic (exact) mass is 439 g/mol. The van der Waals surface area contributed by atoms with E-state index < -0.39 is 17.7 Å². The summed E-state index contributed by atoms with van der Waals surface area (Å²) in [6, 6.07) is 12.6. The van der Waals surface area contributed by atoms with Crippen LogP contribution in [0.4, 0.5) is 8.78 Å². The van der Waals surface area contributed by atoms with Gasteiger partial charge < -0.3 is 10.6 Å². The molecular weight excluding hydrogens is 416 g/mol. The van der Waals surface area contributed by atoms with Gasteiger partial charge in [-0.25, -0.2) is 13.5 Å². The molecule has 4 rings (SSSR count). The lowest BCUT2D eigenvalue weighted by Gasteiger charge is -2.34. The molecule has 9 heteroatoms. The molecule has 2 aromatic carbocycles. The Labute approximate surface area is 184 Å². The van der Waals surface area contributed by atoms with Crippen LogP contribution in [-0.4, -0.2) is 45.6 Å². The summed E-state index contributed by atoms with van der Waals surface area (Å²) in [6.45, 7) is 1.15. The first-order chi connectivity index (χ1) is 15.5. The Kier molecular flexibility index (Phi) is 6.55. The largest absolute Gasteiger partial charge is 0.353 e. The van der Waals surface area contributed by atoms with Crippen LogP contribution in [0.3, 0.4) is 0 Å². The zero-order valence-electron chi connectivity index (χ0n) is 17.3. The van der Waals surface area contributed by atoms with Gasteiger partial charge in [0.05, 0.1) is 18.2 Å². The summed E-state index contributed by atoms with van der Waals surface area (Å²) in [6.07, 6.45) is 3.43. The molecule has 2 N–H and O–H groups in total. The molecule has 2 heterocycles. The van der Waals surface area contributed by atoms with Crippen molar-refractivity contribution in [3.63, 3.8) is 0 Å². The maximum absolute atomic E-state index is 14.1. The van der Waals surface area contributed by atoms with Crippen molar-refractivity contribution in [3.8, 4) is 5.69 Å². The van der Waals surface area contributed by atoms with Gasteiger partial charge in [0, 0.05) is 44.1 Å². The maximum Gasteiger partial charge on any atom is 0.237 e. The van der Waals surface area contributed by atoms with E-state index in [-0.39, 0.29) is 30.3 Å². The fraction of sp³-hybridized carbons (Fsp3) is 0.261. The van der Waals surface area contributed by atoms with Gasteiger partial charge >= 0.3 is 0 Å². The fourth-order valence-corrected chi connectivity index (χ4v) is 3.74. The van der Waals surface area contributed by atoms with Gasteiger partial charge in [-0.2, -0.15) is 5.10 Å². The zero-order valence-corrected chi connectivity index (χ0v) is 17.3. The molecule has 2 amide bonds. The molecule has 1 saturated heterocycles. The van der Waals surface area contributed by atoms with Gasteiger partial charge in [-0.3, -0.25) is 14.5 Å². The van der Waals surface area contributed by atoms with Crippen LogP contribution in [0.5, 0.6) is 0 Å². The van der Waals surface area contributed by atoms with Crippen molar-refractivity contribution in [2.24, 2.45) is 0 Å². The zero-order chi connectivity index (χ0) is 22.5. The molecule has 0 saturated carbocycles. The number of halogens is 2. The van der Waals surface area contributed by atoms with Crippen LogP contribution in [0.1, 0.15) is 17.5 Å². The second-order valence-electron chi connectivity index (χ2n) is 7.59. The molecule has 1 atom stereocenters. The van der Waals surface area contributed by atoms with Crippen LogP contribution in [0, 0.1) is 11.6 Å². The average molecular weight is 439 g/mol. The summed E-state index contributed by atoms with van der Waals surface area (Å²) in [5.41, 5.74) is 1.91. The summed E-state index contributed by atoms with van der Waals surface area (Å²) in [5.74, 6) is -2.47. The number of hydrogen-bond donors (Lipinski definition) is 2. The van der Waals surface area contributed by atoms with Crippen molar-refractivity contribution in [1.29, 1.82) is 0 Å². The van der Waals surface area contributed by atoms with Gasteiger partial charge in [-0.05, 0) is 29.8 Å². The first kappa shape index (κ1) is 21.6. The summed E-state index contributed by atoms with van der Waals surface area (Å²) in [5, 5.41) is 9.76. The van der Waals surface area contributed by atoms with Crippen molar-refractivity contribution in [2.45, 2.75) is 25.6 Å². The van der Waals surface area contributed by atoms with E-state index in [0.29, 0.717) is 19.6 Å². The van der Waals surface area contributed by atoms with Gasteiger partial charge in [0.15, 0.2) is 11.6 Å². The molecule has 32 heavy (non-hydrogen) atoms. The molecule has 3 aromatic rings. The van der Waals surface area contributed by atoms with E-state index in [4.69, 9.17) is 0 Å². The first-order valence-corrected chi connectivity index (χ1v) is 10.3. The minimum absolute atomic E-state index is 0.0425. The third-order valence-electron chi connectivity index (χ3n) is 5.39. The highest BCUT2D eigenvalue weighted by Gasteiger charge is 2.32. The highest BCUT2D eigenvalue weighted by molar-refractivity contribution is 5.88. The first-order valence-electron chi connectivity index (χ1n) is 10.3. The van der Waals surface area contributed by atoms with Gasteiger partial charge in [0.25, 0.3) is 0 Å². The highest BCUT2D eigenvalue weighted by Crippen LogP contribution is 2.18. The molecule has 7 nitrogen and oxygen atoms in total. The second kappa shape index (κ2) is 9.69. The van der Waals surface area contributed by atoms with Crippen LogP contribution in [-0.2, 0) is 22.7 Å². The molecule has 0 radical (unpaired) electrons. The number of aromatic nitrogens is 2. The number of carbonyl (C=O) groups excluding carboxylic acids is 2. The summed E-state index contributed by atoms with van der Waals surface area (Å²) in [4.78, 5) is 26.7. The number of nitrogens with one attached hydrogen (secondary N) is 2. The van der Waals surface area contributed by atoms with Crippen molar-refractivity contribution in [3.05, 3.63) is 83.7 Å². The summed E-state index contributed by atoms with van der Waals surface area (Å²) < 4.78 is 29.4. The number of nitrogens with zero attached hydrogens (tertiary/aromatic N) is 3. The molecule has 1 aromatic heterocycles. The molecule has 0 unspecified atom stereocenters. The fourth-order valence-electron chi connectivity index (χ4n) is 3.74. The molecule has 1 aliphatic heterocycles. The molecule has 0 bridgehead atoms. The summed E-state index contributed by atoms with van der Waals surface area (Å²) >= 11 is 0. The molecule has 0 spiro atoms. The topological polar surface area (TPSA) is 79.3 Å². The SMILES string of the molecule is O=C(C[C@@H]1C(=O)NCCN1Cc1cccc(F)c1F)NCc1cccc(-n2cccn2)c1. The van der Waals surface area contributed by atoms with Gasteiger partial charge in [-0.15, -0.1) is 0 Å². The van der Waals surface area contributed by atoms with E-state index >= 15 is 0 Å². The number of hydrogen-bond acceptors (Lipinski definition) is 4. The normalized spacial score (nSPS) is 16.6. The Morgan fingerprint density at radius 1 is 1.19 bits per heavy atom. The predicted octanol–water partition coefficient (Wildman–Crippen LogP) is 2.16. The van der Waals surface area contributed by atoms with Crippen LogP contribution >= 0.6 is 0 Å². The second-order valence-corrected chi connectivity index (χ2v) is 7.59. The Hall–Kier alpha value is -3.59. The van der Waals surface area contributed by atoms with Crippen LogP contribution in [0.2, 0.25) is 0 Å². The molecule has 1 fully saturated rings. The standard InChI is InChI=1S/C23H23F2N5O2/c24-19-7-2-5-17(22(19)25)15-29-11-9-26-23(32)20(29)13-21(31)27-14-16-4-1-6-18(12-16)30-10-3-8-28-30/h1-8,10,12,20H,9,11,13-15H2,(H,26,32)(H,27,31)/t20-/m1/s1. The van der Waals surface area contributed by atoms with E-state index in [9.17, 15) is 18.4 Å². The number of amides is 2.